The number of hydrogen-bond donors (Lipinski definition) is 0. The summed E-state index contributed by atoms with van der Waals surface area (Å²) in [4.78, 5) is 34.1. The molecule has 5 heteroatoms. The van der Waals surface area contributed by atoms with E-state index >= 15 is 0 Å². The van der Waals surface area contributed by atoms with Gasteiger partial charge >= 0.3 is 0 Å². The first kappa shape index (κ1) is 19.2. The van der Waals surface area contributed by atoms with E-state index in [4.69, 9.17) is 0 Å². The summed E-state index contributed by atoms with van der Waals surface area (Å²) in [5.41, 5.74) is 3.53. The monoisotopic (exact) mass is 422 g/mol. The summed E-state index contributed by atoms with van der Waals surface area (Å²) in [6.07, 6.45) is 3.55. The van der Waals surface area contributed by atoms with Crippen LogP contribution in [0.3, 0.4) is 0 Å². The lowest BCUT2D eigenvalue weighted by molar-refractivity contribution is -0.123. The van der Waals surface area contributed by atoms with Crippen LogP contribution < -0.4 is 0 Å². The van der Waals surface area contributed by atoms with Crippen molar-refractivity contribution in [3.05, 3.63) is 113 Å². The van der Waals surface area contributed by atoms with Crippen LogP contribution >= 0.6 is 11.3 Å². The molecule has 31 heavy (non-hydrogen) atoms. The van der Waals surface area contributed by atoms with Crippen molar-refractivity contribution in [1.82, 2.24) is 9.88 Å². The van der Waals surface area contributed by atoms with Crippen LogP contribution in [0.1, 0.15) is 26.5 Å². The average Bonchev–Trinajstić information content (AvgIpc) is 3.29. The Hall–Kier alpha value is -3.83. The van der Waals surface area contributed by atoms with Crippen molar-refractivity contribution < 1.29 is 9.59 Å². The largest absolute Gasteiger partial charge is 0.269 e. The summed E-state index contributed by atoms with van der Waals surface area (Å²) >= 11 is 1.62. The lowest BCUT2D eigenvalue weighted by Crippen LogP contribution is -2.41. The molecule has 0 saturated heterocycles. The van der Waals surface area contributed by atoms with Gasteiger partial charge in [0, 0.05) is 27.1 Å². The minimum absolute atomic E-state index is 0.143. The van der Waals surface area contributed by atoms with Gasteiger partial charge in [0.2, 0.25) is 0 Å². The summed E-state index contributed by atoms with van der Waals surface area (Å²) in [7, 11) is 0. The fourth-order valence-electron chi connectivity index (χ4n) is 3.67. The molecule has 1 aliphatic rings. The van der Waals surface area contributed by atoms with Crippen LogP contribution in [0.25, 0.3) is 22.1 Å². The fourth-order valence-corrected chi connectivity index (χ4v) is 4.63. The van der Waals surface area contributed by atoms with Crippen molar-refractivity contribution in [3.8, 4) is 10.4 Å². The molecule has 2 aromatic carbocycles. The number of amides is 2. The highest BCUT2D eigenvalue weighted by Crippen LogP contribution is 2.34. The molecule has 4 nitrogen and oxygen atoms in total. The molecule has 0 bridgehead atoms. The third-order valence-corrected chi connectivity index (χ3v) is 6.27. The number of pyridine rings is 1. The molecule has 2 amide bonds. The number of imide groups is 1. The van der Waals surface area contributed by atoms with Gasteiger partial charge in [0.15, 0.2) is 0 Å². The number of nitrogens with zero attached hydrogens (tertiary/aromatic N) is 2. The van der Waals surface area contributed by atoms with E-state index in [0.717, 1.165) is 15.3 Å². The summed E-state index contributed by atoms with van der Waals surface area (Å²) in [6.45, 7) is 0.143. The molecule has 0 unspecified atom stereocenters. The number of fused-ring (bicyclic) bond motifs is 1. The zero-order valence-corrected chi connectivity index (χ0v) is 17.4. The Kier molecular flexibility index (Phi) is 5.02. The Balaban J connectivity index is 1.55. The number of benzene rings is 2. The third-order valence-electron chi connectivity index (χ3n) is 5.19. The van der Waals surface area contributed by atoms with E-state index in [-0.39, 0.29) is 18.4 Å². The molecule has 0 atom stereocenters. The van der Waals surface area contributed by atoms with Gasteiger partial charge in [-0.1, -0.05) is 54.6 Å². The molecule has 5 rings (SSSR count). The molecule has 0 spiro atoms. The Morgan fingerprint density at radius 3 is 2.29 bits per heavy atom. The van der Waals surface area contributed by atoms with Gasteiger partial charge in [0.25, 0.3) is 11.8 Å². The predicted molar refractivity (Wildman–Crippen MR) is 123 cm³/mol. The topological polar surface area (TPSA) is 50.3 Å². The maximum absolute atomic E-state index is 13.4. The molecule has 0 saturated carbocycles. The quantitative estimate of drug-likeness (QED) is 0.321. The minimum Gasteiger partial charge on any atom is -0.269 e. The van der Waals surface area contributed by atoms with E-state index in [9.17, 15) is 9.59 Å². The summed E-state index contributed by atoms with van der Waals surface area (Å²) in [5.74, 6) is -0.594. The summed E-state index contributed by atoms with van der Waals surface area (Å²) < 4.78 is 0. The number of carbonyl (C=O) groups excluding carboxylic acids is 2. The number of rotatable bonds is 4. The molecule has 0 N–H and O–H groups in total. The van der Waals surface area contributed by atoms with Crippen molar-refractivity contribution in [2.24, 2.45) is 0 Å². The summed E-state index contributed by atoms with van der Waals surface area (Å²) in [6, 6.07) is 27.0. The average molecular weight is 423 g/mol. The Morgan fingerprint density at radius 1 is 0.774 bits per heavy atom. The molecule has 0 radical (unpaired) electrons. The molecule has 2 aromatic heterocycles. The Bertz CT molecular complexity index is 1290. The van der Waals surface area contributed by atoms with Gasteiger partial charge in [-0.3, -0.25) is 19.5 Å². The number of thiophene rings is 1. The van der Waals surface area contributed by atoms with E-state index in [1.54, 1.807) is 23.6 Å². The van der Waals surface area contributed by atoms with E-state index in [1.807, 2.05) is 66.7 Å². The fraction of sp³-hybridized carbons (Fsp3) is 0.0385. The summed E-state index contributed by atoms with van der Waals surface area (Å²) in [5, 5.41) is 0. The van der Waals surface area contributed by atoms with E-state index in [1.165, 1.54) is 4.90 Å². The molecule has 4 aromatic rings. The van der Waals surface area contributed by atoms with Crippen LogP contribution in [0, 0.1) is 0 Å². The number of hydrogen-bond acceptors (Lipinski definition) is 4. The molecular weight excluding hydrogens is 404 g/mol. The van der Waals surface area contributed by atoms with Gasteiger partial charge in [0.05, 0.1) is 12.2 Å². The maximum atomic E-state index is 13.4. The molecule has 3 heterocycles. The van der Waals surface area contributed by atoms with E-state index in [0.29, 0.717) is 22.4 Å². The highest BCUT2D eigenvalue weighted by molar-refractivity contribution is 7.16. The smallest absolute Gasteiger partial charge is 0.261 e. The van der Waals surface area contributed by atoms with Crippen molar-refractivity contribution in [1.29, 1.82) is 0 Å². The van der Waals surface area contributed by atoms with Gasteiger partial charge in [0.1, 0.15) is 0 Å². The van der Waals surface area contributed by atoms with Crippen LogP contribution in [0.15, 0.2) is 91.1 Å². The minimum atomic E-state index is -0.302. The predicted octanol–water partition coefficient (Wildman–Crippen LogP) is 5.53. The van der Waals surface area contributed by atoms with Crippen molar-refractivity contribution in [2.75, 3.05) is 0 Å². The maximum Gasteiger partial charge on any atom is 0.261 e. The highest BCUT2D eigenvalue weighted by Gasteiger charge is 2.34. The van der Waals surface area contributed by atoms with Crippen molar-refractivity contribution >= 4 is 34.8 Å². The number of aromatic nitrogens is 1. The third kappa shape index (κ3) is 3.71. The van der Waals surface area contributed by atoms with Crippen LogP contribution in [0.2, 0.25) is 0 Å². The SMILES string of the molecule is O=C1/C(=C\c2ccc(-c3ccccc3)s2)c2ccccc2C(=O)N1Cc1ccccn1. The zero-order chi connectivity index (χ0) is 21.2. The van der Waals surface area contributed by atoms with Gasteiger partial charge < -0.3 is 0 Å². The molecule has 150 valence electrons. The van der Waals surface area contributed by atoms with Gasteiger partial charge in [-0.05, 0) is 47.5 Å². The lowest BCUT2D eigenvalue weighted by Gasteiger charge is -2.28. The van der Waals surface area contributed by atoms with Gasteiger partial charge in [-0.2, -0.15) is 0 Å². The standard InChI is InChI=1S/C26H18N2O2S/c29-25-22-12-5-4-11-21(22)23(26(30)28(25)17-19-10-6-7-15-27-19)16-20-13-14-24(31-20)18-8-2-1-3-9-18/h1-16H,17H2/b23-16-. The highest BCUT2D eigenvalue weighted by atomic mass is 32.1. The molecule has 1 aliphatic heterocycles. The first-order valence-corrected chi connectivity index (χ1v) is 10.7. The van der Waals surface area contributed by atoms with E-state index in [2.05, 4.69) is 23.2 Å². The Morgan fingerprint density at radius 2 is 1.52 bits per heavy atom. The van der Waals surface area contributed by atoms with Crippen LogP contribution in [0.5, 0.6) is 0 Å². The lowest BCUT2D eigenvalue weighted by atomic mass is 9.93. The van der Waals surface area contributed by atoms with Crippen LogP contribution in [-0.2, 0) is 11.3 Å². The molecule has 0 aliphatic carbocycles. The normalized spacial score (nSPS) is 14.7. The van der Waals surface area contributed by atoms with Gasteiger partial charge in [-0.25, -0.2) is 0 Å². The second-order valence-corrected chi connectivity index (χ2v) is 8.30. The number of carbonyl (C=O) groups is 2. The second kappa shape index (κ2) is 8.13. The Labute approximate surface area is 184 Å². The molecular formula is C26H18N2O2S. The van der Waals surface area contributed by atoms with Crippen LogP contribution in [-0.4, -0.2) is 21.7 Å². The van der Waals surface area contributed by atoms with Gasteiger partial charge in [-0.15, -0.1) is 11.3 Å². The van der Waals surface area contributed by atoms with Crippen LogP contribution in [0.4, 0.5) is 0 Å². The first-order chi connectivity index (χ1) is 15.2. The second-order valence-electron chi connectivity index (χ2n) is 7.19. The van der Waals surface area contributed by atoms with Crippen molar-refractivity contribution in [2.45, 2.75) is 6.54 Å². The van der Waals surface area contributed by atoms with Crippen molar-refractivity contribution in [3.63, 3.8) is 0 Å². The first-order valence-electron chi connectivity index (χ1n) is 9.93. The zero-order valence-electron chi connectivity index (χ0n) is 16.6. The van der Waals surface area contributed by atoms with E-state index < -0.39 is 0 Å². The molecule has 0 fully saturated rings.